The number of ether oxygens (including phenoxy) is 2. The predicted octanol–water partition coefficient (Wildman–Crippen LogP) is 2.50. The first-order chi connectivity index (χ1) is 13.2. The van der Waals surface area contributed by atoms with Crippen LogP contribution in [0.25, 0.3) is 0 Å². The maximum Gasteiger partial charge on any atom is 0.243 e. The minimum absolute atomic E-state index is 0.182. The molecule has 7 nitrogen and oxygen atoms in total. The summed E-state index contributed by atoms with van der Waals surface area (Å²) in [5.41, 5.74) is 3.05. The van der Waals surface area contributed by atoms with Crippen LogP contribution in [0.2, 0.25) is 0 Å². The number of benzene rings is 2. The van der Waals surface area contributed by atoms with E-state index in [1.165, 1.54) is 4.31 Å². The Hall–Kier alpha value is -2.74. The number of aryl methyl sites for hydroxylation is 2. The number of fused-ring (bicyclic) bond motifs is 1. The number of nitrogens with zero attached hydrogens (tertiary/aromatic N) is 1. The summed E-state index contributed by atoms with van der Waals surface area (Å²) in [5.74, 6) is 0.915. The summed E-state index contributed by atoms with van der Waals surface area (Å²) in [6, 6.07) is 10.0. The molecule has 0 aromatic heterocycles. The lowest BCUT2D eigenvalue weighted by Crippen LogP contribution is -2.48. The third-order valence-corrected chi connectivity index (χ3v) is 5.82. The number of carbonyl (C=O) groups excluding carboxylic acids is 1. The zero-order valence-corrected chi connectivity index (χ0v) is 17.2. The van der Waals surface area contributed by atoms with E-state index in [-0.39, 0.29) is 19.2 Å². The van der Waals surface area contributed by atoms with E-state index in [9.17, 15) is 13.2 Å². The molecule has 0 spiro atoms. The molecule has 0 fully saturated rings. The summed E-state index contributed by atoms with van der Waals surface area (Å²) in [6.07, 6.45) is 1.11. The highest BCUT2D eigenvalue weighted by Gasteiger charge is 2.30. The third kappa shape index (κ3) is 4.22. The van der Waals surface area contributed by atoms with Gasteiger partial charge >= 0.3 is 0 Å². The molecular weight excluding hydrogens is 380 g/mol. The van der Waals surface area contributed by atoms with Crippen LogP contribution in [0.1, 0.15) is 23.6 Å². The maximum atomic E-state index is 12.7. The number of sulfonamides is 1. The van der Waals surface area contributed by atoms with Crippen molar-refractivity contribution in [1.29, 1.82) is 0 Å². The van der Waals surface area contributed by atoms with Crippen LogP contribution in [-0.4, -0.2) is 33.4 Å². The average molecular weight is 404 g/mol. The number of nitrogens with one attached hydrogen (secondary N) is 1. The summed E-state index contributed by atoms with van der Waals surface area (Å²) < 4.78 is 36.7. The second-order valence-corrected chi connectivity index (χ2v) is 8.79. The first-order valence-electron chi connectivity index (χ1n) is 8.89. The van der Waals surface area contributed by atoms with Crippen LogP contribution in [0.5, 0.6) is 11.5 Å². The Balaban J connectivity index is 1.78. The van der Waals surface area contributed by atoms with E-state index in [0.717, 1.165) is 22.9 Å². The van der Waals surface area contributed by atoms with Gasteiger partial charge in [0.1, 0.15) is 6.04 Å². The highest BCUT2D eigenvalue weighted by Crippen LogP contribution is 2.32. The molecule has 3 rings (SSSR count). The lowest BCUT2D eigenvalue weighted by atomic mass is 10.1. The van der Waals surface area contributed by atoms with Crippen LogP contribution < -0.4 is 19.1 Å². The van der Waals surface area contributed by atoms with Crippen molar-refractivity contribution in [2.75, 3.05) is 17.4 Å². The summed E-state index contributed by atoms with van der Waals surface area (Å²) >= 11 is 0. The molecule has 1 aliphatic rings. The van der Waals surface area contributed by atoms with Gasteiger partial charge in [0.25, 0.3) is 0 Å². The molecule has 1 N–H and O–H groups in total. The fourth-order valence-electron chi connectivity index (χ4n) is 3.13. The SMILES string of the molecule is Cc1ccc(C)c(N([C@@H](C)C(=O)NCc2ccc3c(c2)OCO3)S(C)(=O)=O)c1. The van der Waals surface area contributed by atoms with Gasteiger partial charge in [0, 0.05) is 6.54 Å². The Labute approximate surface area is 165 Å². The Kier molecular flexibility index (Phi) is 5.51. The van der Waals surface area contributed by atoms with Crippen LogP contribution >= 0.6 is 0 Å². The molecule has 8 heteroatoms. The molecular formula is C20H24N2O5S. The van der Waals surface area contributed by atoms with Crippen molar-refractivity contribution < 1.29 is 22.7 Å². The zero-order chi connectivity index (χ0) is 20.5. The molecule has 1 atom stereocenters. The van der Waals surface area contributed by atoms with Crippen molar-refractivity contribution in [1.82, 2.24) is 5.32 Å². The number of hydrogen-bond acceptors (Lipinski definition) is 5. The van der Waals surface area contributed by atoms with Crippen molar-refractivity contribution in [3.8, 4) is 11.5 Å². The molecule has 0 radical (unpaired) electrons. The fraction of sp³-hybridized carbons (Fsp3) is 0.350. The first-order valence-corrected chi connectivity index (χ1v) is 10.7. The van der Waals surface area contributed by atoms with Crippen LogP contribution in [-0.2, 0) is 21.4 Å². The van der Waals surface area contributed by atoms with Gasteiger partial charge < -0.3 is 14.8 Å². The van der Waals surface area contributed by atoms with Gasteiger partial charge in [-0.25, -0.2) is 8.42 Å². The Morgan fingerprint density at radius 2 is 1.86 bits per heavy atom. The van der Waals surface area contributed by atoms with Crippen LogP contribution in [0.4, 0.5) is 5.69 Å². The van der Waals surface area contributed by atoms with Crippen molar-refractivity contribution >= 4 is 21.6 Å². The van der Waals surface area contributed by atoms with Gasteiger partial charge in [-0.2, -0.15) is 0 Å². The second kappa shape index (κ2) is 7.71. The minimum Gasteiger partial charge on any atom is -0.454 e. The molecule has 0 unspecified atom stereocenters. The van der Waals surface area contributed by atoms with E-state index >= 15 is 0 Å². The topological polar surface area (TPSA) is 84.9 Å². The highest BCUT2D eigenvalue weighted by atomic mass is 32.2. The van der Waals surface area contributed by atoms with Gasteiger partial charge in [-0.1, -0.05) is 18.2 Å². The van der Waals surface area contributed by atoms with Crippen molar-refractivity contribution in [2.45, 2.75) is 33.4 Å². The van der Waals surface area contributed by atoms with Gasteiger partial charge in [-0.3, -0.25) is 9.10 Å². The molecule has 1 heterocycles. The van der Waals surface area contributed by atoms with Gasteiger partial charge in [-0.05, 0) is 55.7 Å². The molecule has 0 aliphatic carbocycles. The largest absolute Gasteiger partial charge is 0.454 e. The zero-order valence-electron chi connectivity index (χ0n) is 16.4. The summed E-state index contributed by atoms with van der Waals surface area (Å²) in [5, 5.41) is 2.80. The van der Waals surface area contributed by atoms with Crippen molar-refractivity contribution in [3.05, 3.63) is 53.1 Å². The van der Waals surface area contributed by atoms with Gasteiger partial charge in [-0.15, -0.1) is 0 Å². The lowest BCUT2D eigenvalue weighted by molar-refractivity contribution is -0.122. The highest BCUT2D eigenvalue weighted by molar-refractivity contribution is 7.92. The minimum atomic E-state index is -3.66. The number of rotatable bonds is 6. The molecule has 0 saturated heterocycles. The van der Waals surface area contributed by atoms with E-state index in [2.05, 4.69) is 5.32 Å². The lowest BCUT2D eigenvalue weighted by Gasteiger charge is -2.29. The summed E-state index contributed by atoms with van der Waals surface area (Å²) in [4.78, 5) is 12.7. The number of carbonyl (C=O) groups is 1. The van der Waals surface area contributed by atoms with Crippen molar-refractivity contribution in [3.63, 3.8) is 0 Å². The van der Waals surface area contributed by atoms with E-state index in [4.69, 9.17) is 9.47 Å². The molecule has 1 amide bonds. The maximum absolute atomic E-state index is 12.7. The Bertz CT molecular complexity index is 1000. The van der Waals surface area contributed by atoms with Gasteiger partial charge in [0.15, 0.2) is 11.5 Å². The molecule has 2 aromatic carbocycles. The predicted molar refractivity (Wildman–Crippen MR) is 107 cm³/mol. The van der Waals surface area contributed by atoms with Gasteiger partial charge in [0.05, 0.1) is 11.9 Å². The smallest absolute Gasteiger partial charge is 0.243 e. The molecule has 1 aliphatic heterocycles. The monoisotopic (exact) mass is 404 g/mol. The standard InChI is InChI=1S/C20H24N2O5S/c1-13-5-6-14(2)17(9-13)22(28(4,24)25)15(3)20(23)21-11-16-7-8-18-19(10-16)27-12-26-18/h5-10,15H,11-12H2,1-4H3,(H,21,23)/t15-/m0/s1. The molecule has 0 saturated carbocycles. The van der Waals surface area contributed by atoms with E-state index < -0.39 is 16.1 Å². The molecule has 0 bridgehead atoms. The Morgan fingerprint density at radius 1 is 1.14 bits per heavy atom. The van der Waals surface area contributed by atoms with Crippen molar-refractivity contribution in [2.24, 2.45) is 0 Å². The average Bonchev–Trinajstić information content (AvgIpc) is 3.09. The molecule has 2 aromatic rings. The molecule has 28 heavy (non-hydrogen) atoms. The first kappa shape index (κ1) is 20.0. The van der Waals surface area contributed by atoms with Gasteiger partial charge in [0.2, 0.25) is 22.7 Å². The van der Waals surface area contributed by atoms with E-state index in [1.54, 1.807) is 25.1 Å². The molecule has 150 valence electrons. The van der Waals surface area contributed by atoms with Crippen LogP contribution in [0.15, 0.2) is 36.4 Å². The number of anilines is 1. The quantitative estimate of drug-likeness (QED) is 0.800. The number of hydrogen-bond donors (Lipinski definition) is 1. The fourth-order valence-corrected chi connectivity index (χ4v) is 4.35. The normalized spacial score (nSPS) is 13.9. The third-order valence-electron chi connectivity index (χ3n) is 4.59. The number of amides is 1. The Morgan fingerprint density at radius 3 is 2.57 bits per heavy atom. The van der Waals surface area contributed by atoms with Crippen LogP contribution in [0, 0.1) is 13.8 Å². The second-order valence-electron chi connectivity index (χ2n) is 6.93. The van der Waals surface area contributed by atoms with E-state index in [0.29, 0.717) is 17.2 Å². The summed E-state index contributed by atoms with van der Waals surface area (Å²) in [7, 11) is -3.66. The van der Waals surface area contributed by atoms with E-state index in [1.807, 2.05) is 32.0 Å². The summed E-state index contributed by atoms with van der Waals surface area (Å²) in [6.45, 7) is 5.72. The van der Waals surface area contributed by atoms with Crippen LogP contribution in [0.3, 0.4) is 0 Å².